The van der Waals surface area contributed by atoms with Crippen molar-refractivity contribution in [2.75, 3.05) is 25.4 Å². The van der Waals surface area contributed by atoms with Crippen LogP contribution in [0.1, 0.15) is 26.5 Å². The maximum Gasteiger partial charge on any atom is 0.180 e. The second kappa shape index (κ2) is 8.12. The Bertz CT molecular complexity index is 279. The largest absolute Gasteiger partial charge is 1.00 e. The van der Waals surface area contributed by atoms with Gasteiger partial charge < -0.3 is 22.6 Å². The third-order valence-corrected chi connectivity index (χ3v) is 3.80. The molecule has 3 nitrogen and oxygen atoms in total. The number of hydrogen-bond acceptors (Lipinski definition) is 3. The maximum absolute atomic E-state index is 5.62. The average molecular weight is 286 g/mol. The first-order chi connectivity index (χ1) is 6.65. The molecule has 6 heteroatoms. The van der Waals surface area contributed by atoms with Gasteiger partial charge in [-0.15, -0.1) is 23.7 Å². The number of nitrogen functional groups attached to an aromatic ring is 1. The Morgan fingerprint density at radius 3 is 2.06 bits per heavy atom. The van der Waals surface area contributed by atoms with Crippen LogP contribution in [-0.4, -0.2) is 29.1 Å². The Kier molecular flexibility index (Phi) is 9.30. The SMILES string of the molecule is CC[N+](CC)(CC)Cc1csc(N)n1.Cl.[Cl-]. The van der Waals surface area contributed by atoms with Gasteiger partial charge in [0.1, 0.15) is 12.2 Å². The molecule has 2 N–H and O–H groups in total. The number of rotatable bonds is 5. The van der Waals surface area contributed by atoms with E-state index in [-0.39, 0.29) is 24.8 Å². The van der Waals surface area contributed by atoms with Gasteiger partial charge in [-0.05, 0) is 20.8 Å². The van der Waals surface area contributed by atoms with E-state index < -0.39 is 0 Å². The summed E-state index contributed by atoms with van der Waals surface area (Å²) in [6.07, 6.45) is 0. The summed E-state index contributed by atoms with van der Waals surface area (Å²) in [6, 6.07) is 0. The smallest absolute Gasteiger partial charge is 0.180 e. The molecule has 1 aromatic rings. The van der Waals surface area contributed by atoms with Crippen molar-refractivity contribution in [2.24, 2.45) is 0 Å². The molecule has 0 aliphatic rings. The Hall–Kier alpha value is -0.0300. The van der Waals surface area contributed by atoms with E-state index in [1.165, 1.54) is 11.3 Å². The number of anilines is 1. The molecule has 0 amide bonds. The van der Waals surface area contributed by atoms with E-state index in [1.54, 1.807) is 0 Å². The lowest BCUT2D eigenvalue weighted by Gasteiger charge is -2.35. The van der Waals surface area contributed by atoms with Crippen LogP contribution in [-0.2, 0) is 6.54 Å². The Balaban J connectivity index is 0. The van der Waals surface area contributed by atoms with Crippen LogP contribution in [0.2, 0.25) is 0 Å². The van der Waals surface area contributed by atoms with Crippen LogP contribution < -0.4 is 18.1 Å². The number of aromatic nitrogens is 1. The van der Waals surface area contributed by atoms with Crippen LogP contribution in [0.25, 0.3) is 0 Å². The zero-order valence-corrected chi connectivity index (χ0v) is 12.5. The van der Waals surface area contributed by atoms with E-state index >= 15 is 0 Å². The van der Waals surface area contributed by atoms with Gasteiger partial charge in [0, 0.05) is 5.38 Å². The maximum atomic E-state index is 5.62. The molecule has 0 aliphatic carbocycles. The molecule has 0 aromatic carbocycles. The molecule has 0 atom stereocenters. The molecular weight excluding hydrogens is 265 g/mol. The van der Waals surface area contributed by atoms with Gasteiger partial charge in [0.15, 0.2) is 5.13 Å². The van der Waals surface area contributed by atoms with Crippen LogP contribution in [0.15, 0.2) is 5.38 Å². The monoisotopic (exact) mass is 285 g/mol. The second-order valence-electron chi connectivity index (χ2n) is 3.63. The molecule has 0 saturated heterocycles. The lowest BCUT2D eigenvalue weighted by atomic mass is 10.3. The summed E-state index contributed by atoms with van der Waals surface area (Å²) in [7, 11) is 0. The van der Waals surface area contributed by atoms with Crippen molar-refractivity contribution in [1.29, 1.82) is 0 Å². The van der Waals surface area contributed by atoms with E-state index in [1.807, 2.05) is 0 Å². The number of nitrogens with zero attached hydrogens (tertiary/aromatic N) is 2. The first-order valence-electron chi connectivity index (χ1n) is 5.20. The van der Waals surface area contributed by atoms with Crippen molar-refractivity contribution in [3.8, 4) is 0 Å². The summed E-state index contributed by atoms with van der Waals surface area (Å²) in [4.78, 5) is 4.32. The fraction of sp³-hybridized carbons (Fsp3) is 0.700. The van der Waals surface area contributed by atoms with Gasteiger partial charge in [0.25, 0.3) is 0 Å². The van der Waals surface area contributed by atoms with E-state index in [9.17, 15) is 0 Å². The highest BCUT2D eigenvalue weighted by Gasteiger charge is 2.22. The molecule has 1 rings (SSSR count). The van der Waals surface area contributed by atoms with Gasteiger partial charge >= 0.3 is 0 Å². The minimum Gasteiger partial charge on any atom is -1.00 e. The predicted molar refractivity (Wildman–Crippen MR) is 69.4 cm³/mol. The first-order valence-corrected chi connectivity index (χ1v) is 6.08. The number of nitrogens with two attached hydrogens (primary N) is 1. The Morgan fingerprint density at radius 2 is 1.75 bits per heavy atom. The predicted octanol–water partition coefficient (Wildman–Crippen LogP) is -0.472. The number of thiazole rings is 1. The molecule has 1 aromatic heterocycles. The molecule has 0 aliphatic heterocycles. The van der Waals surface area contributed by atoms with E-state index in [0.717, 1.165) is 36.4 Å². The highest BCUT2D eigenvalue weighted by Crippen LogP contribution is 2.17. The standard InChI is InChI=1S/C10H20N3S.2ClH/c1-4-13(5-2,6-3)7-9-8-14-10(11)12-9;;/h8H,4-7H2,1-3H3,(H2,11,12);2*1H/q+1;;/p-1. The Labute approximate surface area is 114 Å². The minimum absolute atomic E-state index is 0. The summed E-state index contributed by atoms with van der Waals surface area (Å²) in [6.45, 7) is 11.2. The van der Waals surface area contributed by atoms with Crippen molar-refractivity contribution in [3.63, 3.8) is 0 Å². The van der Waals surface area contributed by atoms with Gasteiger partial charge in [-0.1, -0.05) is 0 Å². The fourth-order valence-corrected chi connectivity index (χ4v) is 2.30. The van der Waals surface area contributed by atoms with Gasteiger partial charge in [-0.3, -0.25) is 0 Å². The third-order valence-electron chi connectivity index (χ3n) is 3.08. The summed E-state index contributed by atoms with van der Waals surface area (Å²) in [5.74, 6) is 0. The lowest BCUT2D eigenvalue weighted by molar-refractivity contribution is -0.936. The van der Waals surface area contributed by atoms with E-state index in [4.69, 9.17) is 5.73 Å². The highest BCUT2D eigenvalue weighted by atomic mass is 35.5. The highest BCUT2D eigenvalue weighted by molar-refractivity contribution is 7.13. The van der Waals surface area contributed by atoms with Gasteiger partial charge in [0.2, 0.25) is 0 Å². The van der Waals surface area contributed by atoms with Crippen molar-refractivity contribution >= 4 is 28.9 Å². The van der Waals surface area contributed by atoms with Gasteiger partial charge in [-0.25, -0.2) is 4.98 Å². The van der Waals surface area contributed by atoms with Crippen LogP contribution in [0.5, 0.6) is 0 Å². The fourth-order valence-electron chi connectivity index (χ4n) is 1.75. The van der Waals surface area contributed by atoms with Crippen molar-refractivity contribution in [1.82, 2.24) is 4.98 Å². The van der Waals surface area contributed by atoms with Crippen molar-refractivity contribution < 1.29 is 16.9 Å². The molecule has 16 heavy (non-hydrogen) atoms. The average Bonchev–Trinajstić information content (AvgIpc) is 2.61. The molecule has 0 spiro atoms. The molecule has 0 radical (unpaired) electrons. The number of quaternary nitrogens is 1. The molecule has 0 bridgehead atoms. The van der Waals surface area contributed by atoms with E-state index in [0.29, 0.717) is 5.13 Å². The molecule has 0 fully saturated rings. The van der Waals surface area contributed by atoms with Crippen LogP contribution in [0.3, 0.4) is 0 Å². The van der Waals surface area contributed by atoms with Crippen LogP contribution in [0, 0.1) is 0 Å². The second-order valence-corrected chi connectivity index (χ2v) is 4.52. The van der Waals surface area contributed by atoms with Crippen LogP contribution >= 0.6 is 23.7 Å². The molecule has 96 valence electrons. The topological polar surface area (TPSA) is 38.9 Å². The molecular formula is C10H21Cl2N3S. The normalized spacial score (nSPS) is 10.4. The third kappa shape index (κ3) is 4.45. The van der Waals surface area contributed by atoms with Crippen LogP contribution in [0.4, 0.5) is 5.13 Å². The summed E-state index contributed by atoms with van der Waals surface area (Å²) in [5, 5.41) is 2.75. The van der Waals surface area contributed by atoms with Gasteiger partial charge in [-0.2, -0.15) is 0 Å². The summed E-state index contributed by atoms with van der Waals surface area (Å²) in [5.41, 5.74) is 6.76. The van der Waals surface area contributed by atoms with Crippen molar-refractivity contribution in [3.05, 3.63) is 11.1 Å². The van der Waals surface area contributed by atoms with Crippen molar-refractivity contribution in [2.45, 2.75) is 27.3 Å². The number of hydrogen-bond donors (Lipinski definition) is 1. The summed E-state index contributed by atoms with van der Waals surface area (Å²) < 4.78 is 1.10. The lowest BCUT2D eigenvalue weighted by Crippen LogP contribution is -3.00. The van der Waals surface area contributed by atoms with E-state index in [2.05, 4.69) is 31.1 Å². The molecule has 0 saturated carbocycles. The quantitative estimate of drug-likeness (QED) is 0.743. The summed E-state index contributed by atoms with van der Waals surface area (Å²) >= 11 is 1.53. The Morgan fingerprint density at radius 1 is 1.25 bits per heavy atom. The minimum atomic E-state index is 0. The molecule has 0 unspecified atom stereocenters. The zero-order chi connectivity index (χ0) is 10.6. The van der Waals surface area contributed by atoms with Gasteiger partial charge in [0.05, 0.1) is 19.6 Å². The number of halogens is 2. The zero-order valence-electron chi connectivity index (χ0n) is 10.1. The molecule has 1 heterocycles. The first kappa shape index (κ1) is 18.3.